The second kappa shape index (κ2) is 7.70. The lowest BCUT2D eigenvalue weighted by molar-refractivity contribution is -0.134. The smallest absolute Gasteiger partial charge is 0.224 e. The van der Waals surface area contributed by atoms with E-state index in [9.17, 15) is 4.79 Å². The molecule has 0 unspecified atom stereocenters. The highest BCUT2D eigenvalue weighted by molar-refractivity contribution is 5.76. The Kier molecular flexibility index (Phi) is 5.38. The number of aryl methyl sites for hydroxylation is 2. The van der Waals surface area contributed by atoms with Crippen molar-refractivity contribution in [3.05, 3.63) is 47.8 Å². The van der Waals surface area contributed by atoms with E-state index < -0.39 is 0 Å². The fraction of sp³-hybridized carbons (Fsp3) is 0.474. The minimum atomic E-state index is 0.194. The molecule has 134 valence electrons. The normalized spacial score (nSPS) is 18.4. The van der Waals surface area contributed by atoms with Crippen molar-refractivity contribution in [1.82, 2.24) is 19.6 Å². The number of methoxy groups -OCH3 is 1. The standard InChI is InChI=1S/C19H26N4O2/c1-15-8-10-23(20-15)11-9-19(24)22-13-12-21(2)18(14-22)16-4-6-17(25-3)7-5-16/h4-8,10,18H,9,11-14H2,1-3H3/t18-/m1/s1. The van der Waals surface area contributed by atoms with Crippen LogP contribution in [0, 0.1) is 6.92 Å². The molecule has 1 aromatic heterocycles. The second-order valence-electron chi connectivity index (χ2n) is 6.58. The molecule has 3 rings (SSSR count). The van der Waals surface area contributed by atoms with E-state index in [0.29, 0.717) is 13.0 Å². The fourth-order valence-electron chi connectivity index (χ4n) is 3.24. The third kappa shape index (κ3) is 4.20. The Hall–Kier alpha value is -2.34. The monoisotopic (exact) mass is 342 g/mol. The number of hydrogen-bond donors (Lipinski definition) is 0. The van der Waals surface area contributed by atoms with E-state index in [-0.39, 0.29) is 11.9 Å². The first-order chi connectivity index (χ1) is 12.1. The summed E-state index contributed by atoms with van der Waals surface area (Å²) in [4.78, 5) is 16.9. The summed E-state index contributed by atoms with van der Waals surface area (Å²) in [7, 11) is 3.78. The SMILES string of the molecule is COc1ccc([C@H]2CN(C(=O)CCn3ccc(C)n3)CCN2C)cc1. The van der Waals surface area contributed by atoms with Crippen LogP contribution in [-0.2, 0) is 11.3 Å². The minimum absolute atomic E-state index is 0.194. The van der Waals surface area contributed by atoms with Crippen LogP contribution >= 0.6 is 0 Å². The van der Waals surface area contributed by atoms with Gasteiger partial charge in [-0.05, 0) is 37.7 Å². The predicted octanol–water partition coefficient (Wildman–Crippen LogP) is 2.11. The average molecular weight is 342 g/mol. The Bertz CT molecular complexity index is 710. The summed E-state index contributed by atoms with van der Waals surface area (Å²) in [5.74, 6) is 1.05. The molecule has 25 heavy (non-hydrogen) atoms. The quantitative estimate of drug-likeness (QED) is 0.835. The van der Waals surface area contributed by atoms with Crippen molar-refractivity contribution in [2.45, 2.75) is 25.9 Å². The van der Waals surface area contributed by atoms with Crippen LogP contribution in [0.1, 0.15) is 23.7 Å². The Morgan fingerprint density at radius 2 is 2.00 bits per heavy atom. The molecule has 2 heterocycles. The summed E-state index contributed by atoms with van der Waals surface area (Å²) in [6.45, 7) is 4.97. The van der Waals surface area contributed by atoms with Crippen molar-refractivity contribution in [2.24, 2.45) is 0 Å². The average Bonchev–Trinajstić information content (AvgIpc) is 3.05. The van der Waals surface area contributed by atoms with E-state index in [2.05, 4.69) is 29.2 Å². The third-order valence-corrected chi connectivity index (χ3v) is 4.83. The molecular formula is C19H26N4O2. The van der Waals surface area contributed by atoms with Gasteiger partial charge in [0.2, 0.25) is 5.91 Å². The van der Waals surface area contributed by atoms with Crippen LogP contribution in [0.2, 0.25) is 0 Å². The van der Waals surface area contributed by atoms with Crippen LogP contribution in [0.3, 0.4) is 0 Å². The number of ether oxygens (including phenoxy) is 1. The van der Waals surface area contributed by atoms with Gasteiger partial charge in [-0.25, -0.2) is 0 Å². The first-order valence-electron chi connectivity index (χ1n) is 8.69. The maximum Gasteiger partial charge on any atom is 0.224 e. The van der Waals surface area contributed by atoms with E-state index in [1.54, 1.807) is 7.11 Å². The highest BCUT2D eigenvalue weighted by atomic mass is 16.5. The second-order valence-corrected chi connectivity index (χ2v) is 6.58. The molecule has 0 radical (unpaired) electrons. The van der Waals surface area contributed by atoms with Gasteiger partial charge in [-0.15, -0.1) is 0 Å². The van der Waals surface area contributed by atoms with E-state index in [4.69, 9.17) is 4.74 Å². The van der Waals surface area contributed by atoms with Crippen molar-refractivity contribution < 1.29 is 9.53 Å². The van der Waals surface area contributed by atoms with E-state index >= 15 is 0 Å². The third-order valence-electron chi connectivity index (χ3n) is 4.83. The zero-order valence-corrected chi connectivity index (χ0v) is 15.2. The Labute approximate surface area is 149 Å². The number of piperazine rings is 1. The summed E-state index contributed by atoms with van der Waals surface area (Å²) >= 11 is 0. The topological polar surface area (TPSA) is 50.6 Å². The Morgan fingerprint density at radius 3 is 2.64 bits per heavy atom. The number of amides is 1. The van der Waals surface area contributed by atoms with Crippen molar-refractivity contribution in [2.75, 3.05) is 33.8 Å². The summed E-state index contributed by atoms with van der Waals surface area (Å²) < 4.78 is 7.07. The lowest BCUT2D eigenvalue weighted by atomic mass is 10.0. The van der Waals surface area contributed by atoms with E-state index in [1.165, 1.54) is 5.56 Å². The molecule has 6 heteroatoms. The molecule has 1 aliphatic rings. The first kappa shape index (κ1) is 17.5. The zero-order chi connectivity index (χ0) is 17.8. The van der Waals surface area contributed by atoms with Crippen LogP contribution in [0.4, 0.5) is 0 Å². The van der Waals surface area contributed by atoms with Gasteiger partial charge in [-0.2, -0.15) is 5.10 Å². The van der Waals surface area contributed by atoms with Gasteiger partial charge in [-0.1, -0.05) is 12.1 Å². The molecule has 1 saturated heterocycles. The van der Waals surface area contributed by atoms with Gasteiger partial charge in [0.25, 0.3) is 0 Å². The summed E-state index contributed by atoms with van der Waals surface area (Å²) in [5.41, 5.74) is 2.19. The van der Waals surface area contributed by atoms with Crippen molar-refractivity contribution in [3.63, 3.8) is 0 Å². The molecular weight excluding hydrogens is 316 g/mol. The fourth-order valence-corrected chi connectivity index (χ4v) is 3.24. The highest BCUT2D eigenvalue weighted by Gasteiger charge is 2.28. The molecule has 0 aliphatic carbocycles. The highest BCUT2D eigenvalue weighted by Crippen LogP contribution is 2.26. The van der Waals surface area contributed by atoms with Gasteiger partial charge in [0.15, 0.2) is 0 Å². The maximum absolute atomic E-state index is 12.6. The van der Waals surface area contributed by atoms with E-state index in [1.807, 2.05) is 40.9 Å². The molecule has 1 aliphatic heterocycles. The molecule has 0 saturated carbocycles. The summed E-state index contributed by atoms with van der Waals surface area (Å²) in [6, 6.07) is 10.3. The minimum Gasteiger partial charge on any atom is -0.497 e. The summed E-state index contributed by atoms with van der Waals surface area (Å²) in [5, 5.41) is 4.34. The number of nitrogens with zero attached hydrogens (tertiary/aromatic N) is 4. The lowest BCUT2D eigenvalue weighted by Crippen LogP contribution is -2.49. The maximum atomic E-state index is 12.6. The number of rotatable bonds is 5. The number of carbonyl (C=O) groups excluding carboxylic acids is 1. The van der Waals surface area contributed by atoms with Gasteiger partial charge in [-0.3, -0.25) is 14.4 Å². The molecule has 2 aromatic rings. The van der Waals surface area contributed by atoms with Crippen LogP contribution in [-0.4, -0.2) is 59.3 Å². The van der Waals surface area contributed by atoms with Crippen molar-refractivity contribution >= 4 is 5.91 Å². The largest absolute Gasteiger partial charge is 0.497 e. The van der Waals surface area contributed by atoms with Crippen molar-refractivity contribution in [3.8, 4) is 5.75 Å². The van der Waals surface area contributed by atoms with Crippen LogP contribution < -0.4 is 4.74 Å². The van der Waals surface area contributed by atoms with Crippen molar-refractivity contribution in [1.29, 1.82) is 0 Å². The number of carbonyl (C=O) groups is 1. The van der Waals surface area contributed by atoms with Gasteiger partial charge < -0.3 is 9.64 Å². The summed E-state index contributed by atoms with van der Waals surface area (Å²) in [6.07, 6.45) is 2.41. The number of aromatic nitrogens is 2. The van der Waals surface area contributed by atoms with Crippen LogP contribution in [0.25, 0.3) is 0 Å². The molecule has 0 bridgehead atoms. The number of hydrogen-bond acceptors (Lipinski definition) is 4. The molecule has 1 fully saturated rings. The van der Waals surface area contributed by atoms with Gasteiger partial charge in [0, 0.05) is 38.8 Å². The van der Waals surface area contributed by atoms with Gasteiger partial charge >= 0.3 is 0 Å². The van der Waals surface area contributed by atoms with Crippen LogP contribution in [0.5, 0.6) is 5.75 Å². The predicted molar refractivity (Wildman–Crippen MR) is 96.5 cm³/mol. The first-order valence-corrected chi connectivity index (χ1v) is 8.69. The molecule has 0 spiro atoms. The number of benzene rings is 1. The number of likely N-dealkylation sites (N-methyl/N-ethyl adjacent to an activating group) is 1. The Balaban J connectivity index is 1.61. The molecule has 1 aromatic carbocycles. The van der Waals surface area contributed by atoms with Gasteiger partial charge in [0.05, 0.1) is 18.8 Å². The molecule has 6 nitrogen and oxygen atoms in total. The molecule has 1 amide bonds. The zero-order valence-electron chi connectivity index (χ0n) is 15.2. The molecule has 0 N–H and O–H groups in total. The Morgan fingerprint density at radius 1 is 1.24 bits per heavy atom. The lowest BCUT2D eigenvalue weighted by Gasteiger charge is -2.39. The van der Waals surface area contributed by atoms with Gasteiger partial charge in [0.1, 0.15) is 5.75 Å². The molecule has 1 atom stereocenters. The van der Waals surface area contributed by atoms with E-state index in [0.717, 1.165) is 31.1 Å². The van der Waals surface area contributed by atoms with Crippen LogP contribution in [0.15, 0.2) is 36.5 Å².